The smallest absolute Gasteiger partial charge is 0.335 e. The SMILES string of the molecule is O=C(O)c1cc(Br)cc(OCC2CCCCC2)c1. The Balaban J connectivity index is 1.97. The number of carbonyl (C=O) groups is 1. The summed E-state index contributed by atoms with van der Waals surface area (Å²) >= 11 is 3.30. The van der Waals surface area contributed by atoms with Crippen molar-refractivity contribution < 1.29 is 14.6 Å². The molecule has 2 rings (SSSR count). The molecule has 1 aliphatic carbocycles. The van der Waals surface area contributed by atoms with Crippen molar-refractivity contribution in [1.82, 2.24) is 0 Å². The number of halogens is 1. The summed E-state index contributed by atoms with van der Waals surface area (Å²) in [5, 5.41) is 8.97. The van der Waals surface area contributed by atoms with E-state index < -0.39 is 5.97 Å². The van der Waals surface area contributed by atoms with Gasteiger partial charge in [-0.15, -0.1) is 0 Å². The zero-order valence-electron chi connectivity index (χ0n) is 10.2. The molecule has 3 nitrogen and oxygen atoms in total. The fourth-order valence-corrected chi connectivity index (χ4v) is 2.81. The van der Waals surface area contributed by atoms with Crippen molar-refractivity contribution >= 4 is 21.9 Å². The third-order valence-corrected chi connectivity index (χ3v) is 3.79. The van der Waals surface area contributed by atoms with Crippen LogP contribution in [0, 0.1) is 5.92 Å². The zero-order chi connectivity index (χ0) is 13.0. The van der Waals surface area contributed by atoms with E-state index in [1.165, 1.54) is 32.1 Å². The van der Waals surface area contributed by atoms with E-state index in [1.54, 1.807) is 12.1 Å². The minimum Gasteiger partial charge on any atom is -0.493 e. The van der Waals surface area contributed by atoms with E-state index in [0.717, 1.165) is 4.47 Å². The van der Waals surface area contributed by atoms with Crippen LogP contribution >= 0.6 is 15.9 Å². The van der Waals surface area contributed by atoms with Gasteiger partial charge in [0.2, 0.25) is 0 Å². The highest BCUT2D eigenvalue weighted by molar-refractivity contribution is 9.10. The van der Waals surface area contributed by atoms with E-state index in [-0.39, 0.29) is 5.56 Å². The molecule has 0 aromatic heterocycles. The third kappa shape index (κ3) is 3.73. The highest BCUT2D eigenvalue weighted by atomic mass is 79.9. The second-order valence-electron chi connectivity index (χ2n) is 4.80. The summed E-state index contributed by atoms with van der Waals surface area (Å²) in [6.07, 6.45) is 6.34. The lowest BCUT2D eigenvalue weighted by atomic mass is 9.90. The normalized spacial score (nSPS) is 16.5. The molecule has 4 heteroatoms. The average Bonchev–Trinajstić information content (AvgIpc) is 2.37. The van der Waals surface area contributed by atoms with Crippen LogP contribution in [-0.2, 0) is 0 Å². The van der Waals surface area contributed by atoms with Crippen LogP contribution in [0.3, 0.4) is 0 Å². The van der Waals surface area contributed by atoms with Crippen molar-refractivity contribution in [2.24, 2.45) is 5.92 Å². The molecule has 0 bridgehead atoms. The van der Waals surface area contributed by atoms with E-state index in [1.807, 2.05) is 6.07 Å². The van der Waals surface area contributed by atoms with Gasteiger partial charge in [-0.3, -0.25) is 0 Å². The molecule has 0 aliphatic heterocycles. The van der Waals surface area contributed by atoms with Crippen LogP contribution in [0.1, 0.15) is 42.5 Å². The van der Waals surface area contributed by atoms with Gasteiger partial charge in [0.1, 0.15) is 5.75 Å². The Morgan fingerprint density at radius 1 is 1.28 bits per heavy atom. The predicted octanol–water partition coefficient (Wildman–Crippen LogP) is 4.11. The Hall–Kier alpha value is -1.03. The average molecular weight is 313 g/mol. The second-order valence-corrected chi connectivity index (χ2v) is 5.71. The number of carboxylic acid groups (broad SMARTS) is 1. The van der Waals surface area contributed by atoms with Crippen molar-refractivity contribution in [3.05, 3.63) is 28.2 Å². The number of hydrogen-bond acceptors (Lipinski definition) is 2. The quantitative estimate of drug-likeness (QED) is 0.910. The van der Waals surface area contributed by atoms with Gasteiger partial charge < -0.3 is 9.84 Å². The summed E-state index contributed by atoms with van der Waals surface area (Å²) in [6.45, 7) is 0.690. The topological polar surface area (TPSA) is 46.5 Å². The molecule has 0 heterocycles. The van der Waals surface area contributed by atoms with Crippen LogP contribution in [0.15, 0.2) is 22.7 Å². The first-order valence-electron chi connectivity index (χ1n) is 6.32. The van der Waals surface area contributed by atoms with Crippen LogP contribution in [0.5, 0.6) is 5.75 Å². The van der Waals surface area contributed by atoms with Crippen LogP contribution in [0.25, 0.3) is 0 Å². The van der Waals surface area contributed by atoms with Gasteiger partial charge in [-0.1, -0.05) is 35.2 Å². The lowest BCUT2D eigenvalue weighted by Crippen LogP contribution is -2.15. The predicted molar refractivity (Wildman–Crippen MR) is 73.2 cm³/mol. The summed E-state index contributed by atoms with van der Waals surface area (Å²) in [6, 6.07) is 4.97. The first-order chi connectivity index (χ1) is 8.65. The maximum Gasteiger partial charge on any atom is 0.335 e. The Bertz CT molecular complexity index is 425. The Morgan fingerprint density at radius 3 is 2.67 bits per heavy atom. The highest BCUT2D eigenvalue weighted by Gasteiger charge is 2.14. The third-order valence-electron chi connectivity index (χ3n) is 3.33. The van der Waals surface area contributed by atoms with Gasteiger partial charge in [0.25, 0.3) is 0 Å². The Kier molecular flexibility index (Phi) is 4.64. The first-order valence-corrected chi connectivity index (χ1v) is 7.11. The molecule has 1 aromatic carbocycles. The molecule has 1 fully saturated rings. The fourth-order valence-electron chi connectivity index (χ4n) is 2.34. The molecule has 0 radical (unpaired) electrons. The van der Waals surface area contributed by atoms with Crippen LogP contribution in [0.4, 0.5) is 0 Å². The minimum absolute atomic E-state index is 0.253. The highest BCUT2D eigenvalue weighted by Crippen LogP contribution is 2.26. The van der Waals surface area contributed by atoms with Gasteiger partial charge in [0.05, 0.1) is 12.2 Å². The van der Waals surface area contributed by atoms with Crippen LogP contribution in [0.2, 0.25) is 0 Å². The van der Waals surface area contributed by atoms with E-state index in [9.17, 15) is 4.79 Å². The largest absolute Gasteiger partial charge is 0.493 e. The van der Waals surface area contributed by atoms with Crippen LogP contribution < -0.4 is 4.74 Å². The molecule has 0 atom stereocenters. The molecule has 0 saturated heterocycles. The standard InChI is InChI=1S/C14H17BrO3/c15-12-6-11(14(16)17)7-13(8-12)18-9-10-4-2-1-3-5-10/h6-8,10H,1-5,9H2,(H,16,17). The van der Waals surface area contributed by atoms with Gasteiger partial charge in [0.15, 0.2) is 0 Å². The number of hydrogen-bond donors (Lipinski definition) is 1. The summed E-state index contributed by atoms with van der Waals surface area (Å²) in [5.41, 5.74) is 0.253. The number of benzene rings is 1. The molecular weight excluding hydrogens is 296 g/mol. The molecule has 1 saturated carbocycles. The molecule has 18 heavy (non-hydrogen) atoms. The van der Waals surface area contributed by atoms with Gasteiger partial charge in [0, 0.05) is 4.47 Å². The molecule has 1 aliphatic rings. The van der Waals surface area contributed by atoms with Gasteiger partial charge in [-0.25, -0.2) is 4.79 Å². The lowest BCUT2D eigenvalue weighted by molar-refractivity contribution is 0.0696. The van der Waals surface area contributed by atoms with Crippen molar-refractivity contribution in [2.75, 3.05) is 6.61 Å². The summed E-state index contributed by atoms with van der Waals surface area (Å²) in [5.74, 6) is 0.317. The molecular formula is C14H17BrO3. The van der Waals surface area contributed by atoms with E-state index >= 15 is 0 Å². The fraction of sp³-hybridized carbons (Fsp3) is 0.500. The molecule has 1 N–H and O–H groups in total. The molecule has 98 valence electrons. The van der Waals surface area contributed by atoms with Crippen molar-refractivity contribution in [2.45, 2.75) is 32.1 Å². The zero-order valence-corrected chi connectivity index (χ0v) is 11.8. The molecule has 0 spiro atoms. The first kappa shape index (κ1) is 13.4. The maximum absolute atomic E-state index is 10.9. The summed E-state index contributed by atoms with van der Waals surface area (Å²) < 4.78 is 6.46. The molecule has 1 aromatic rings. The second kappa shape index (κ2) is 6.23. The van der Waals surface area contributed by atoms with Gasteiger partial charge >= 0.3 is 5.97 Å². The summed E-state index contributed by atoms with van der Waals surface area (Å²) in [7, 11) is 0. The lowest BCUT2D eigenvalue weighted by Gasteiger charge is -2.21. The van der Waals surface area contributed by atoms with Crippen molar-refractivity contribution in [3.8, 4) is 5.75 Å². The van der Waals surface area contributed by atoms with Crippen molar-refractivity contribution in [1.29, 1.82) is 0 Å². The molecule has 0 amide bonds. The van der Waals surface area contributed by atoms with E-state index in [4.69, 9.17) is 9.84 Å². The Morgan fingerprint density at radius 2 is 2.00 bits per heavy atom. The van der Waals surface area contributed by atoms with Gasteiger partial charge in [-0.05, 0) is 37.0 Å². The van der Waals surface area contributed by atoms with E-state index in [2.05, 4.69) is 15.9 Å². The molecule has 0 unspecified atom stereocenters. The summed E-state index contributed by atoms with van der Waals surface area (Å²) in [4.78, 5) is 10.9. The van der Waals surface area contributed by atoms with Crippen LogP contribution in [-0.4, -0.2) is 17.7 Å². The number of carboxylic acids is 1. The monoisotopic (exact) mass is 312 g/mol. The number of rotatable bonds is 4. The number of aromatic carboxylic acids is 1. The number of ether oxygens (including phenoxy) is 1. The Labute approximate surface area is 115 Å². The van der Waals surface area contributed by atoms with Crippen molar-refractivity contribution in [3.63, 3.8) is 0 Å². The minimum atomic E-state index is -0.932. The maximum atomic E-state index is 10.9. The van der Waals surface area contributed by atoms with Gasteiger partial charge in [-0.2, -0.15) is 0 Å². The van der Waals surface area contributed by atoms with E-state index in [0.29, 0.717) is 18.3 Å².